The molecule has 2 aromatic rings. The standard InChI is InChI=1S/C16H17N3O3/c1-4-9-17-16(21)15-13(20)10-14(22-3)19(18-15)12-7-5-11(2)6-8-12/h4-8,10H,1,9H2,2-3H3,(H,17,21). The van der Waals surface area contributed by atoms with E-state index in [9.17, 15) is 9.59 Å². The molecule has 0 saturated heterocycles. The molecule has 0 fully saturated rings. The predicted octanol–water partition coefficient (Wildman–Crippen LogP) is 1.47. The minimum Gasteiger partial charge on any atom is -0.481 e. The van der Waals surface area contributed by atoms with Crippen LogP contribution in [0.3, 0.4) is 0 Å². The van der Waals surface area contributed by atoms with Crippen LogP contribution in [0.1, 0.15) is 16.1 Å². The number of methoxy groups -OCH3 is 1. The van der Waals surface area contributed by atoms with Crippen molar-refractivity contribution in [2.45, 2.75) is 6.92 Å². The molecule has 1 amide bonds. The third-order valence-electron chi connectivity index (χ3n) is 3.01. The summed E-state index contributed by atoms with van der Waals surface area (Å²) in [7, 11) is 1.44. The van der Waals surface area contributed by atoms with Crippen molar-refractivity contribution in [1.82, 2.24) is 15.1 Å². The highest BCUT2D eigenvalue weighted by atomic mass is 16.5. The molecule has 0 spiro atoms. The van der Waals surface area contributed by atoms with Gasteiger partial charge in [-0.05, 0) is 19.1 Å². The van der Waals surface area contributed by atoms with Gasteiger partial charge in [-0.25, -0.2) is 4.68 Å². The van der Waals surface area contributed by atoms with Gasteiger partial charge in [-0.1, -0.05) is 23.8 Å². The highest BCUT2D eigenvalue weighted by Crippen LogP contribution is 2.15. The molecular weight excluding hydrogens is 282 g/mol. The Bertz CT molecular complexity index is 748. The van der Waals surface area contributed by atoms with Gasteiger partial charge in [-0.3, -0.25) is 9.59 Å². The van der Waals surface area contributed by atoms with Crippen molar-refractivity contribution in [1.29, 1.82) is 0 Å². The van der Waals surface area contributed by atoms with E-state index in [0.29, 0.717) is 5.69 Å². The first kappa shape index (κ1) is 15.5. The number of hydrogen-bond donors (Lipinski definition) is 1. The number of carbonyl (C=O) groups excluding carboxylic acids is 1. The number of aromatic nitrogens is 2. The van der Waals surface area contributed by atoms with E-state index in [0.717, 1.165) is 5.56 Å². The van der Waals surface area contributed by atoms with Gasteiger partial charge in [0.1, 0.15) is 0 Å². The molecule has 6 nitrogen and oxygen atoms in total. The lowest BCUT2D eigenvalue weighted by Gasteiger charge is -2.12. The van der Waals surface area contributed by atoms with E-state index in [4.69, 9.17) is 4.74 Å². The maximum Gasteiger partial charge on any atom is 0.276 e. The number of carbonyl (C=O) groups is 1. The second-order valence-corrected chi connectivity index (χ2v) is 4.65. The Morgan fingerprint density at radius 2 is 2.09 bits per heavy atom. The number of benzene rings is 1. The van der Waals surface area contributed by atoms with Gasteiger partial charge >= 0.3 is 0 Å². The molecule has 0 saturated carbocycles. The molecule has 0 atom stereocenters. The number of hydrogen-bond acceptors (Lipinski definition) is 4. The fraction of sp³-hybridized carbons (Fsp3) is 0.188. The van der Waals surface area contributed by atoms with Crippen LogP contribution < -0.4 is 15.5 Å². The van der Waals surface area contributed by atoms with Crippen LogP contribution in [0, 0.1) is 6.92 Å². The molecule has 114 valence electrons. The van der Waals surface area contributed by atoms with Crippen molar-refractivity contribution in [3.63, 3.8) is 0 Å². The van der Waals surface area contributed by atoms with Crippen molar-refractivity contribution in [3.05, 3.63) is 64.5 Å². The summed E-state index contributed by atoms with van der Waals surface area (Å²) in [5, 5.41) is 6.67. The second kappa shape index (κ2) is 6.71. The average Bonchev–Trinajstić information content (AvgIpc) is 2.53. The molecule has 0 unspecified atom stereocenters. The zero-order chi connectivity index (χ0) is 16.1. The quantitative estimate of drug-likeness (QED) is 0.848. The number of nitrogens with zero attached hydrogens (tertiary/aromatic N) is 2. The zero-order valence-electron chi connectivity index (χ0n) is 12.5. The summed E-state index contributed by atoms with van der Waals surface area (Å²) in [5.74, 6) is -0.289. The summed E-state index contributed by atoms with van der Waals surface area (Å²) < 4.78 is 6.60. The number of rotatable bonds is 5. The van der Waals surface area contributed by atoms with E-state index in [-0.39, 0.29) is 18.1 Å². The highest BCUT2D eigenvalue weighted by Gasteiger charge is 2.16. The van der Waals surface area contributed by atoms with Crippen LogP contribution in [-0.4, -0.2) is 29.3 Å². The monoisotopic (exact) mass is 299 g/mol. The molecule has 1 heterocycles. The van der Waals surface area contributed by atoms with Crippen molar-refractivity contribution in [2.75, 3.05) is 13.7 Å². The molecule has 0 aliphatic carbocycles. The Morgan fingerprint density at radius 1 is 1.41 bits per heavy atom. The molecular formula is C16H17N3O3. The lowest BCUT2D eigenvalue weighted by Crippen LogP contribution is -2.31. The summed E-state index contributed by atoms with van der Waals surface area (Å²) >= 11 is 0. The topological polar surface area (TPSA) is 73.2 Å². The van der Waals surface area contributed by atoms with Gasteiger partial charge in [0.25, 0.3) is 5.91 Å². The summed E-state index contributed by atoms with van der Waals surface area (Å²) in [6, 6.07) is 8.73. The molecule has 1 aromatic carbocycles. The Morgan fingerprint density at radius 3 is 2.68 bits per heavy atom. The van der Waals surface area contributed by atoms with Gasteiger partial charge in [-0.2, -0.15) is 5.10 Å². The van der Waals surface area contributed by atoms with Gasteiger partial charge in [0.05, 0.1) is 18.9 Å². The number of aryl methyl sites for hydroxylation is 1. The zero-order valence-corrected chi connectivity index (χ0v) is 12.5. The van der Waals surface area contributed by atoms with Gasteiger partial charge < -0.3 is 10.1 Å². The van der Waals surface area contributed by atoms with Crippen LogP contribution in [0.25, 0.3) is 5.69 Å². The summed E-state index contributed by atoms with van der Waals surface area (Å²) in [6.45, 7) is 5.74. The maximum absolute atomic E-state index is 12.0. The number of ether oxygens (including phenoxy) is 1. The van der Waals surface area contributed by atoms with Crippen LogP contribution >= 0.6 is 0 Å². The van der Waals surface area contributed by atoms with Gasteiger partial charge in [0.2, 0.25) is 11.3 Å². The van der Waals surface area contributed by atoms with Crippen LogP contribution in [0.4, 0.5) is 0 Å². The Labute approximate surface area is 128 Å². The lowest BCUT2D eigenvalue weighted by atomic mass is 10.2. The van der Waals surface area contributed by atoms with E-state index in [1.54, 1.807) is 0 Å². The summed E-state index contributed by atoms with van der Waals surface area (Å²) in [6.07, 6.45) is 1.53. The van der Waals surface area contributed by atoms with Crippen molar-refractivity contribution < 1.29 is 9.53 Å². The summed E-state index contributed by atoms with van der Waals surface area (Å²) in [5.41, 5.74) is 1.10. The first-order valence-corrected chi connectivity index (χ1v) is 6.71. The van der Waals surface area contributed by atoms with Crippen molar-refractivity contribution in [3.8, 4) is 11.6 Å². The first-order chi connectivity index (χ1) is 10.6. The van der Waals surface area contributed by atoms with Crippen LogP contribution in [-0.2, 0) is 0 Å². The number of nitrogens with one attached hydrogen (secondary N) is 1. The Balaban J connectivity index is 2.52. The smallest absolute Gasteiger partial charge is 0.276 e. The molecule has 0 aliphatic heterocycles. The largest absolute Gasteiger partial charge is 0.481 e. The van der Waals surface area contributed by atoms with Crippen LogP contribution in [0.5, 0.6) is 5.88 Å². The van der Waals surface area contributed by atoms with Crippen molar-refractivity contribution in [2.24, 2.45) is 0 Å². The van der Waals surface area contributed by atoms with Crippen molar-refractivity contribution >= 4 is 5.91 Å². The third-order valence-corrected chi connectivity index (χ3v) is 3.01. The summed E-state index contributed by atoms with van der Waals surface area (Å²) in [4.78, 5) is 24.0. The minimum atomic E-state index is -0.548. The van der Waals surface area contributed by atoms with Crippen LogP contribution in [0.2, 0.25) is 0 Å². The van der Waals surface area contributed by atoms with Gasteiger partial charge in [0, 0.05) is 6.54 Å². The molecule has 1 aromatic heterocycles. The normalized spacial score (nSPS) is 10.1. The van der Waals surface area contributed by atoms with E-state index in [1.165, 1.54) is 23.9 Å². The SMILES string of the molecule is C=CCNC(=O)c1nn(-c2ccc(C)cc2)c(OC)cc1=O. The Hall–Kier alpha value is -2.89. The molecule has 0 radical (unpaired) electrons. The third kappa shape index (κ3) is 3.22. The fourth-order valence-corrected chi connectivity index (χ4v) is 1.86. The molecule has 0 bridgehead atoms. The molecule has 2 rings (SSSR count). The van der Waals surface area contributed by atoms with E-state index < -0.39 is 11.3 Å². The second-order valence-electron chi connectivity index (χ2n) is 4.65. The van der Waals surface area contributed by atoms with Crippen LogP contribution in [0.15, 0.2) is 47.8 Å². The van der Waals surface area contributed by atoms with E-state index >= 15 is 0 Å². The maximum atomic E-state index is 12.0. The fourth-order valence-electron chi connectivity index (χ4n) is 1.86. The van der Waals surface area contributed by atoms with E-state index in [2.05, 4.69) is 17.0 Å². The molecule has 22 heavy (non-hydrogen) atoms. The minimum absolute atomic E-state index is 0.191. The Kier molecular flexibility index (Phi) is 4.73. The first-order valence-electron chi connectivity index (χ1n) is 6.71. The van der Waals surface area contributed by atoms with Gasteiger partial charge in [0.15, 0.2) is 5.69 Å². The predicted molar refractivity (Wildman–Crippen MR) is 83.7 cm³/mol. The molecule has 1 N–H and O–H groups in total. The molecule has 6 heteroatoms. The highest BCUT2D eigenvalue weighted by molar-refractivity contribution is 5.92. The average molecular weight is 299 g/mol. The lowest BCUT2D eigenvalue weighted by molar-refractivity contribution is 0.0950. The van der Waals surface area contributed by atoms with Gasteiger partial charge in [-0.15, -0.1) is 6.58 Å². The number of amides is 1. The molecule has 0 aliphatic rings. The van der Waals surface area contributed by atoms with E-state index in [1.807, 2.05) is 31.2 Å².